The average Bonchev–Trinajstić information content (AvgIpc) is 3.21. The number of carbonyl (C=O) groups is 1. The molecule has 0 saturated heterocycles. The summed E-state index contributed by atoms with van der Waals surface area (Å²) in [6.45, 7) is 2.97. The van der Waals surface area contributed by atoms with Gasteiger partial charge in [0.15, 0.2) is 0 Å². The minimum atomic E-state index is 0.0175. The number of hydrogen-bond acceptors (Lipinski definition) is 4. The molecule has 3 aromatic rings. The number of carbonyl (C=O) groups excluding carboxylic acids is 1. The number of nitrogens with zero attached hydrogens (tertiary/aromatic N) is 1. The van der Waals surface area contributed by atoms with Crippen molar-refractivity contribution in [3.05, 3.63) is 58.5 Å². The maximum atomic E-state index is 12.1. The maximum absolute atomic E-state index is 12.1. The molecule has 5 heteroatoms. The lowest BCUT2D eigenvalue weighted by atomic mass is 10.2. The monoisotopic (exact) mass is 328 g/mol. The van der Waals surface area contributed by atoms with E-state index in [0.717, 1.165) is 21.6 Å². The van der Waals surface area contributed by atoms with Gasteiger partial charge >= 0.3 is 0 Å². The molecule has 4 nitrogen and oxygen atoms in total. The van der Waals surface area contributed by atoms with E-state index >= 15 is 0 Å². The van der Waals surface area contributed by atoms with Gasteiger partial charge in [0.25, 0.3) is 0 Å². The third kappa shape index (κ3) is 3.81. The van der Waals surface area contributed by atoms with Crippen LogP contribution >= 0.6 is 11.3 Å². The number of nitrogens with one attached hydrogen (secondary N) is 1. The van der Waals surface area contributed by atoms with Crippen molar-refractivity contribution >= 4 is 28.2 Å². The first kappa shape index (κ1) is 15.8. The molecular weight excluding hydrogens is 308 g/mol. The normalized spacial score (nSPS) is 12.7. The third-order valence-electron chi connectivity index (χ3n) is 3.95. The van der Waals surface area contributed by atoms with Crippen molar-refractivity contribution < 1.29 is 9.21 Å². The standard InChI is InChI=1S/C18H20N2O2S/c1-13(17-10-14-6-3-4-8-16(14)22-17)20(2)12-18(21)19-11-15-7-5-9-23-15/h3-10,13H,11-12H2,1-2H3,(H,19,21). The van der Waals surface area contributed by atoms with Crippen LogP contribution in [0.15, 0.2) is 52.3 Å². The van der Waals surface area contributed by atoms with Crippen molar-refractivity contribution in [2.45, 2.75) is 19.5 Å². The average molecular weight is 328 g/mol. The largest absolute Gasteiger partial charge is 0.459 e. The Balaban J connectivity index is 1.58. The van der Waals surface area contributed by atoms with E-state index in [9.17, 15) is 4.79 Å². The summed E-state index contributed by atoms with van der Waals surface area (Å²) < 4.78 is 5.88. The van der Waals surface area contributed by atoms with Crippen LogP contribution in [0, 0.1) is 0 Å². The van der Waals surface area contributed by atoms with Crippen LogP contribution in [0.3, 0.4) is 0 Å². The summed E-state index contributed by atoms with van der Waals surface area (Å²) in [5.74, 6) is 0.892. The summed E-state index contributed by atoms with van der Waals surface area (Å²) in [6.07, 6.45) is 0. The van der Waals surface area contributed by atoms with Crippen molar-refractivity contribution in [3.8, 4) is 0 Å². The molecule has 0 aliphatic carbocycles. The Morgan fingerprint density at radius 1 is 1.30 bits per heavy atom. The van der Waals surface area contributed by atoms with Gasteiger partial charge < -0.3 is 9.73 Å². The Morgan fingerprint density at radius 3 is 2.87 bits per heavy atom. The molecule has 1 amide bonds. The highest BCUT2D eigenvalue weighted by atomic mass is 32.1. The minimum absolute atomic E-state index is 0.0175. The number of thiophene rings is 1. The number of amides is 1. The molecule has 0 aliphatic rings. The van der Waals surface area contributed by atoms with Crippen molar-refractivity contribution in [1.82, 2.24) is 10.2 Å². The number of para-hydroxylation sites is 1. The van der Waals surface area contributed by atoms with Crippen LogP contribution in [0.4, 0.5) is 0 Å². The maximum Gasteiger partial charge on any atom is 0.234 e. The third-order valence-corrected chi connectivity index (χ3v) is 4.83. The number of benzene rings is 1. The molecule has 1 unspecified atom stereocenters. The fraction of sp³-hybridized carbons (Fsp3) is 0.278. The van der Waals surface area contributed by atoms with Crippen molar-refractivity contribution in [2.24, 2.45) is 0 Å². The van der Waals surface area contributed by atoms with E-state index < -0.39 is 0 Å². The molecule has 0 fully saturated rings. The van der Waals surface area contributed by atoms with E-state index in [2.05, 4.69) is 5.32 Å². The molecule has 120 valence electrons. The van der Waals surface area contributed by atoms with Gasteiger partial charge in [0, 0.05) is 10.3 Å². The molecule has 0 radical (unpaired) electrons. The van der Waals surface area contributed by atoms with Gasteiger partial charge in [-0.1, -0.05) is 24.3 Å². The summed E-state index contributed by atoms with van der Waals surface area (Å²) in [4.78, 5) is 15.2. The van der Waals surface area contributed by atoms with Crippen LogP contribution in [0.1, 0.15) is 23.6 Å². The van der Waals surface area contributed by atoms with Gasteiger partial charge in [-0.2, -0.15) is 0 Å². The minimum Gasteiger partial charge on any atom is -0.459 e. The van der Waals surface area contributed by atoms with Crippen molar-refractivity contribution in [1.29, 1.82) is 0 Å². The van der Waals surface area contributed by atoms with Crippen molar-refractivity contribution in [2.75, 3.05) is 13.6 Å². The molecule has 1 atom stereocenters. The molecule has 0 spiro atoms. The molecule has 2 aromatic heterocycles. The molecule has 2 heterocycles. The molecule has 0 aliphatic heterocycles. The van der Waals surface area contributed by atoms with Gasteiger partial charge in [0.05, 0.1) is 19.1 Å². The lowest BCUT2D eigenvalue weighted by molar-refractivity contribution is -0.122. The summed E-state index contributed by atoms with van der Waals surface area (Å²) in [5.41, 5.74) is 0.880. The topological polar surface area (TPSA) is 45.5 Å². The highest BCUT2D eigenvalue weighted by molar-refractivity contribution is 7.09. The van der Waals surface area contributed by atoms with E-state index in [-0.39, 0.29) is 11.9 Å². The molecule has 0 saturated carbocycles. The lowest BCUT2D eigenvalue weighted by Gasteiger charge is -2.22. The second-order valence-electron chi connectivity index (χ2n) is 5.63. The van der Waals surface area contributed by atoms with Crippen LogP contribution in [-0.4, -0.2) is 24.4 Å². The zero-order chi connectivity index (χ0) is 16.2. The second-order valence-corrected chi connectivity index (χ2v) is 6.67. The Kier molecular flexibility index (Phi) is 4.79. The first-order valence-electron chi connectivity index (χ1n) is 7.61. The first-order chi connectivity index (χ1) is 11.1. The van der Waals surface area contributed by atoms with Gasteiger partial charge in [-0.05, 0) is 37.6 Å². The molecule has 3 rings (SSSR count). The van der Waals surface area contributed by atoms with E-state index in [1.807, 2.05) is 66.7 Å². The molecule has 0 bridgehead atoms. The van der Waals surface area contributed by atoms with Crippen molar-refractivity contribution in [3.63, 3.8) is 0 Å². The summed E-state index contributed by atoms with van der Waals surface area (Å²) >= 11 is 1.65. The Morgan fingerprint density at radius 2 is 2.13 bits per heavy atom. The predicted octanol–water partition coefficient (Wildman–Crippen LogP) is 3.80. The molecule has 23 heavy (non-hydrogen) atoms. The van der Waals surface area contributed by atoms with Crippen LogP contribution in [0.2, 0.25) is 0 Å². The Hall–Kier alpha value is -2.11. The predicted molar refractivity (Wildman–Crippen MR) is 93.4 cm³/mol. The van der Waals surface area contributed by atoms with Gasteiger partial charge in [-0.25, -0.2) is 0 Å². The van der Waals surface area contributed by atoms with E-state index in [1.165, 1.54) is 0 Å². The van der Waals surface area contributed by atoms with Crippen LogP contribution in [0.5, 0.6) is 0 Å². The number of furan rings is 1. The quantitative estimate of drug-likeness (QED) is 0.748. The number of fused-ring (bicyclic) bond motifs is 1. The summed E-state index contributed by atoms with van der Waals surface area (Å²) in [6, 6.07) is 14.0. The summed E-state index contributed by atoms with van der Waals surface area (Å²) in [5, 5.41) is 6.05. The van der Waals surface area contributed by atoms with E-state index in [0.29, 0.717) is 13.1 Å². The van der Waals surface area contributed by atoms with E-state index in [1.54, 1.807) is 11.3 Å². The fourth-order valence-corrected chi connectivity index (χ4v) is 3.09. The SMILES string of the molecule is CC(c1cc2ccccc2o1)N(C)CC(=O)NCc1cccs1. The van der Waals surface area contributed by atoms with Crippen LogP contribution < -0.4 is 5.32 Å². The zero-order valence-electron chi connectivity index (χ0n) is 13.3. The van der Waals surface area contributed by atoms with Crippen LogP contribution in [0.25, 0.3) is 11.0 Å². The Labute approximate surface area is 139 Å². The van der Waals surface area contributed by atoms with Gasteiger partial charge in [-0.3, -0.25) is 9.69 Å². The van der Waals surface area contributed by atoms with Crippen LogP contribution in [-0.2, 0) is 11.3 Å². The van der Waals surface area contributed by atoms with Gasteiger partial charge in [0.2, 0.25) is 5.91 Å². The highest BCUT2D eigenvalue weighted by Gasteiger charge is 2.18. The molecule has 1 N–H and O–H groups in total. The fourth-order valence-electron chi connectivity index (χ4n) is 2.44. The second kappa shape index (κ2) is 6.98. The van der Waals surface area contributed by atoms with Gasteiger partial charge in [-0.15, -0.1) is 11.3 Å². The number of hydrogen-bond donors (Lipinski definition) is 1. The molecule has 1 aromatic carbocycles. The zero-order valence-corrected chi connectivity index (χ0v) is 14.1. The highest BCUT2D eigenvalue weighted by Crippen LogP contribution is 2.26. The molecular formula is C18H20N2O2S. The number of rotatable bonds is 6. The summed E-state index contributed by atoms with van der Waals surface area (Å²) in [7, 11) is 1.93. The Bertz CT molecular complexity index is 746. The first-order valence-corrected chi connectivity index (χ1v) is 8.49. The smallest absolute Gasteiger partial charge is 0.234 e. The van der Waals surface area contributed by atoms with Gasteiger partial charge in [0.1, 0.15) is 11.3 Å². The lowest BCUT2D eigenvalue weighted by Crippen LogP contribution is -2.35. The van der Waals surface area contributed by atoms with E-state index in [4.69, 9.17) is 4.42 Å². The number of likely N-dealkylation sites (N-methyl/N-ethyl adjacent to an activating group) is 1.